The summed E-state index contributed by atoms with van der Waals surface area (Å²) >= 11 is 0. The molecule has 0 saturated heterocycles. The molecule has 2 atom stereocenters. The van der Waals surface area contributed by atoms with Crippen molar-refractivity contribution in [2.45, 2.75) is 112 Å². The predicted molar refractivity (Wildman–Crippen MR) is 121 cm³/mol. The maximum Gasteiger partial charge on any atom is 0.307 e. The first-order chi connectivity index (χ1) is 13.5. The van der Waals surface area contributed by atoms with Crippen LogP contribution in [0.15, 0.2) is 0 Å². The second-order valence-electron chi connectivity index (χ2n) is 10.1. The molecule has 0 bridgehead atoms. The summed E-state index contributed by atoms with van der Waals surface area (Å²) in [7, 11) is 0. The summed E-state index contributed by atoms with van der Waals surface area (Å²) in [4.78, 5) is 11.3. The van der Waals surface area contributed by atoms with E-state index in [1.807, 2.05) is 6.92 Å². The lowest BCUT2D eigenvalue weighted by Crippen LogP contribution is -2.37. The number of fused-ring (bicyclic) bond motifs is 1. The monoisotopic (exact) mass is 402 g/mol. The third-order valence-electron chi connectivity index (χ3n) is 7.00. The summed E-state index contributed by atoms with van der Waals surface area (Å²) < 4.78 is 6.62. The SMILES string of the molecule is Cc1c(C)c2c(c(C)c1CC(=O)O)CC[C@@](C)(CCCC(C)CCCC(C)C)O2. The van der Waals surface area contributed by atoms with E-state index in [0.29, 0.717) is 0 Å². The standard InChI is InChI=1S/C26H42O3/c1-17(2)10-8-11-18(3)12-9-14-26(7)15-13-22-21(6)23(16-24(27)28)19(4)20(5)25(22)29-26/h17-18H,8-16H2,1-7H3,(H,27,28)/t18?,26-/m1/s1. The number of carboxylic acid groups (broad SMARTS) is 1. The van der Waals surface area contributed by atoms with Gasteiger partial charge in [-0.1, -0.05) is 46.5 Å². The van der Waals surface area contributed by atoms with Crippen LogP contribution in [-0.2, 0) is 17.6 Å². The lowest BCUT2D eigenvalue weighted by molar-refractivity contribution is -0.136. The average molecular weight is 403 g/mol. The van der Waals surface area contributed by atoms with Gasteiger partial charge in [0.05, 0.1) is 6.42 Å². The van der Waals surface area contributed by atoms with Gasteiger partial charge in [0.25, 0.3) is 0 Å². The first-order valence-electron chi connectivity index (χ1n) is 11.6. The number of carbonyl (C=O) groups is 1. The van der Waals surface area contributed by atoms with E-state index in [1.54, 1.807) is 0 Å². The number of rotatable bonds is 10. The summed E-state index contributed by atoms with van der Waals surface area (Å²) in [5.41, 5.74) is 5.40. The molecule has 3 heteroatoms. The summed E-state index contributed by atoms with van der Waals surface area (Å²) in [5, 5.41) is 9.29. The second-order valence-corrected chi connectivity index (χ2v) is 10.1. The molecule has 3 nitrogen and oxygen atoms in total. The molecule has 164 valence electrons. The minimum absolute atomic E-state index is 0.0950. The molecule has 0 saturated carbocycles. The maximum absolute atomic E-state index is 11.3. The molecule has 0 spiro atoms. The van der Waals surface area contributed by atoms with Gasteiger partial charge in [-0.3, -0.25) is 4.79 Å². The smallest absolute Gasteiger partial charge is 0.307 e. The molecule has 0 amide bonds. The highest BCUT2D eigenvalue weighted by molar-refractivity contribution is 5.73. The first kappa shape index (κ1) is 23.8. The van der Waals surface area contributed by atoms with E-state index in [9.17, 15) is 9.90 Å². The van der Waals surface area contributed by atoms with Gasteiger partial charge in [-0.2, -0.15) is 0 Å². The minimum Gasteiger partial charge on any atom is -0.487 e. The normalized spacial score (nSPS) is 19.7. The van der Waals surface area contributed by atoms with Gasteiger partial charge < -0.3 is 9.84 Å². The lowest BCUT2D eigenvalue weighted by Gasteiger charge is -2.38. The van der Waals surface area contributed by atoms with Crippen LogP contribution in [0.4, 0.5) is 0 Å². The zero-order chi connectivity index (χ0) is 21.8. The topological polar surface area (TPSA) is 46.5 Å². The third-order valence-corrected chi connectivity index (χ3v) is 7.00. The van der Waals surface area contributed by atoms with Gasteiger partial charge in [0.15, 0.2) is 0 Å². The zero-order valence-electron chi connectivity index (χ0n) is 19.8. The fraction of sp³-hybridized carbons (Fsp3) is 0.731. The fourth-order valence-electron chi connectivity index (χ4n) is 4.82. The Morgan fingerprint density at radius 2 is 1.69 bits per heavy atom. The van der Waals surface area contributed by atoms with Gasteiger partial charge in [0, 0.05) is 0 Å². The molecule has 1 aliphatic rings. The van der Waals surface area contributed by atoms with Crippen LogP contribution in [-0.4, -0.2) is 16.7 Å². The van der Waals surface area contributed by atoms with E-state index in [2.05, 4.69) is 41.5 Å². The van der Waals surface area contributed by atoms with Crippen molar-refractivity contribution in [1.29, 1.82) is 0 Å². The molecule has 0 aromatic heterocycles. The highest BCUT2D eigenvalue weighted by Crippen LogP contribution is 2.42. The van der Waals surface area contributed by atoms with E-state index in [1.165, 1.54) is 37.7 Å². The van der Waals surface area contributed by atoms with Crippen LogP contribution in [0.3, 0.4) is 0 Å². The van der Waals surface area contributed by atoms with Crippen molar-refractivity contribution >= 4 is 5.97 Å². The van der Waals surface area contributed by atoms with Gasteiger partial charge in [-0.15, -0.1) is 0 Å². The zero-order valence-corrected chi connectivity index (χ0v) is 19.8. The van der Waals surface area contributed by atoms with Crippen LogP contribution in [0.2, 0.25) is 0 Å². The van der Waals surface area contributed by atoms with Gasteiger partial charge >= 0.3 is 5.97 Å². The Morgan fingerprint density at radius 3 is 2.31 bits per heavy atom. The Labute approximate surface area is 178 Å². The Kier molecular flexibility index (Phi) is 8.19. The molecular weight excluding hydrogens is 360 g/mol. The molecule has 0 aliphatic carbocycles. The Bertz CT molecular complexity index is 719. The third kappa shape index (κ3) is 6.23. The first-order valence-corrected chi connectivity index (χ1v) is 11.6. The Hall–Kier alpha value is -1.51. The quantitative estimate of drug-likeness (QED) is 0.460. The van der Waals surface area contributed by atoms with Gasteiger partial charge in [0.1, 0.15) is 11.4 Å². The van der Waals surface area contributed by atoms with Crippen molar-refractivity contribution < 1.29 is 14.6 Å². The number of benzene rings is 1. The van der Waals surface area contributed by atoms with Crippen molar-refractivity contribution in [3.05, 3.63) is 27.8 Å². The van der Waals surface area contributed by atoms with Crippen molar-refractivity contribution in [3.63, 3.8) is 0 Å². The van der Waals surface area contributed by atoms with Crippen molar-refractivity contribution in [2.24, 2.45) is 11.8 Å². The molecule has 1 aliphatic heterocycles. The Balaban J connectivity index is 2.01. The van der Waals surface area contributed by atoms with Crippen LogP contribution in [0.5, 0.6) is 5.75 Å². The summed E-state index contributed by atoms with van der Waals surface area (Å²) in [6, 6.07) is 0. The number of hydrogen-bond donors (Lipinski definition) is 1. The average Bonchev–Trinajstić information content (AvgIpc) is 2.63. The van der Waals surface area contributed by atoms with Crippen molar-refractivity contribution in [2.75, 3.05) is 0 Å². The van der Waals surface area contributed by atoms with E-state index in [-0.39, 0.29) is 12.0 Å². The van der Waals surface area contributed by atoms with Crippen LogP contribution in [0.1, 0.15) is 100 Å². The number of aliphatic carboxylic acids is 1. The van der Waals surface area contributed by atoms with Gasteiger partial charge in [-0.05, 0) is 93.0 Å². The molecule has 29 heavy (non-hydrogen) atoms. The number of carboxylic acids is 1. The molecular formula is C26H42O3. The number of hydrogen-bond acceptors (Lipinski definition) is 2. The Morgan fingerprint density at radius 1 is 1.03 bits per heavy atom. The van der Waals surface area contributed by atoms with Crippen LogP contribution in [0, 0.1) is 32.6 Å². The second kappa shape index (κ2) is 10.00. The van der Waals surface area contributed by atoms with Gasteiger partial charge in [0.2, 0.25) is 0 Å². The van der Waals surface area contributed by atoms with Crippen molar-refractivity contribution in [1.82, 2.24) is 0 Å². The summed E-state index contributed by atoms with van der Waals surface area (Å²) in [6.07, 6.45) is 9.68. The fourth-order valence-corrected chi connectivity index (χ4v) is 4.82. The summed E-state index contributed by atoms with van der Waals surface area (Å²) in [5.74, 6) is 1.86. The van der Waals surface area contributed by atoms with E-state index < -0.39 is 5.97 Å². The van der Waals surface area contributed by atoms with Crippen LogP contribution in [0.25, 0.3) is 0 Å². The maximum atomic E-state index is 11.3. The van der Waals surface area contributed by atoms with Crippen molar-refractivity contribution in [3.8, 4) is 5.75 Å². The molecule has 1 N–H and O–H groups in total. The summed E-state index contributed by atoms with van der Waals surface area (Å²) in [6.45, 7) is 15.4. The molecule has 0 radical (unpaired) electrons. The predicted octanol–water partition coefficient (Wildman–Crippen LogP) is 6.96. The minimum atomic E-state index is -0.764. The highest BCUT2D eigenvalue weighted by Gasteiger charge is 2.34. The van der Waals surface area contributed by atoms with Crippen LogP contribution < -0.4 is 4.74 Å². The van der Waals surface area contributed by atoms with E-state index in [4.69, 9.17) is 4.74 Å². The molecule has 0 fully saturated rings. The van der Waals surface area contributed by atoms with E-state index >= 15 is 0 Å². The lowest BCUT2D eigenvalue weighted by atomic mass is 9.82. The molecule has 1 unspecified atom stereocenters. The number of ether oxygens (including phenoxy) is 1. The van der Waals surface area contributed by atoms with Crippen LogP contribution >= 0.6 is 0 Å². The van der Waals surface area contributed by atoms with E-state index in [0.717, 1.165) is 59.1 Å². The molecule has 1 aromatic carbocycles. The molecule has 2 rings (SSSR count). The molecule has 1 heterocycles. The largest absolute Gasteiger partial charge is 0.487 e. The highest BCUT2D eigenvalue weighted by atomic mass is 16.5. The van der Waals surface area contributed by atoms with Gasteiger partial charge in [-0.25, -0.2) is 0 Å². The molecule has 1 aromatic rings.